The first-order valence-corrected chi connectivity index (χ1v) is 11.1. The Kier molecular flexibility index (Phi) is 5.86. The molecule has 4 rings (SSSR count). The van der Waals surface area contributed by atoms with E-state index in [2.05, 4.69) is 24.3 Å². The normalized spacial score (nSPS) is 10.6. The third kappa shape index (κ3) is 5.42. The van der Waals surface area contributed by atoms with Crippen molar-refractivity contribution in [2.75, 3.05) is 0 Å². The minimum absolute atomic E-state index is 0.219. The fraction of sp³-hybridized carbons (Fsp3) is 0. The van der Waals surface area contributed by atoms with Crippen LogP contribution in [0.2, 0.25) is 0 Å². The van der Waals surface area contributed by atoms with Gasteiger partial charge in [0, 0.05) is 0 Å². The first kappa shape index (κ1) is 19.1. The van der Waals surface area contributed by atoms with E-state index in [-0.39, 0.29) is 32.7 Å². The number of phenolic OH excluding ortho intramolecular Hbond substituents is 2. The molecule has 4 nitrogen and oxygen atoms in total. The molecule has 0 heterocycles. The summed E-state index contributed by atoms with van der Waals surface area (Å²) in [6.45, 7) is 0. The summed E-state index contributed by atoms with van der Waals surface area (Å²) in [4.78, 5) is 0. The zero-order valence-corrected chi connectivity index (χ0v) is 17.5. The first-order valence-electron chi connectivity index (χ1n) is 8.93. The van der Waals surface area contributed by atoms with Gasteiger partial charge >= 0.3 is 180 Å². The summed E-state index contributed by atoms with van der Waals surface area (Å²) < 4.78 is 14.1. The van der Waals surface area contributed by atoms with Gasteiger partial charge in [-0.05, 0) is 0 Å². The van der Waals surface area contributed by atoms with Crippen LogP contribution in [0.5, 0.6) is 34.5 Å². The molecule has 0 aliphatic rings. The molecule has 0 atom stereocenters. The Hall–Kier alpha value is -3.19. The summed E-state index contributed by atoms with van der Waals surface area (Å²) >= 11 is -0.304. The molecule has 0 saturated carbocycles. The Morgan fingerprint density at radius 1 is 0.414 bits per heavy atom. The first-order chi connectivity index (χ1) is 14.1. The zero-order valence-electron chi connectivity index (χ0n) is 15.3. The molecule has 0 aliphatic heterocycles. The van der Waals surface area contributed by atoms with Crippen LogP contribution in [-0.2, 0) is 0 Å². The molecule has 0 unspecified atom stereocenters. The Labute approximate surface area is 179 Å². The predicted molar refractivity (Wildman–Crippen MR) is 107 cm³/mol. The Bertz CT molecular complexity index is 969. The zero-order chi connectivity index (χ0) is 20.1. The van der Waals surface area contributed by atoms with Crippen molar-refractivity contribution in [2.45, 2.75) is 0 Å². The summed E-state index contributed by atoms with van der Waals surface area (Å²) in [5.74, 6) is 3.35. The molecule has 0 amide bonds. The predicted octanol–water partition coefficient (Wildman–Crippen LogP) is 2.81. The van der Waals surface area contributed by atoms with Crippen LogP contribution >= 0.6 is 0 Å². The number of hydrogen-bond acceptors (Lipinski definition) is 4. The van der Waals surface area contributed by atoms with Gasteiger partial charge in [-0.25, -0.2) is 0 Å². The van der Waals surface area contributed by atoms with Crippen molar-refractivity contribution >= 4 is 0 Å². The van der Waals surface area contributed by atoms with Crippen LogP contribution in [0.25, 0.3) is 0 Å². The van der Waals surface area contributed by atoms with Crippen molar-refractivity contribution < 1.29 is 40.9 Å². The van der Waals surface area contributed by atoms with Crippen LogP contribution in [-0.4, -0.2) is 10.2 Å². The van der Waals surface area contributed by atoms with Crippen LogP contribution < -0.4 is 30.7 Å². The fourth-order valence-electron chi connectivity index (χ4n) is 2.56. The minimum atomic E-state index is -0.304. The summed E-state index contributed by atoms with van der Waals surface area (Å²) in [5.41, 5.74) is 0. The maximum absolute atomic E-state index is 9.33. The van der Waals surface area contributed by atoms with E-state index in [0.717, 1.165) is 11.5 Å². The van der Waals surface area contributed by atoms with Crippen molar-refractivity contribution in [3.8, 4) is 34.5 Å². The summed E-state index contributed by atoms with van der Waals surface area (Å²) in [5, 5.41) is 18.7. The number of ether oxygens (including phenoxy) is 2. The number of aromatic hydroxyl groups is 2. The van der Waals surface area contributed by atoms with E-state index < -0.39 is 0 Å². The second kappa shape index (κ2) is 8.87. The van der Waals surface area contributed by atoms with Crippen LogP contribution in [0, 0.1) is 7.14 Å². The Morgan fingerprint density at radius 2 is 0.690 bits per heavy atom. The van der Waals surface area contributed by atoms with E-state index in [1.165, 1.54) is 7.14 Å². The molecule has 0 fully saturated rings. The second-order valence-corrected chi connectivity index (χ2v) is 9.22. The third-order valence-corrected chi connectivity index (χ3v) is 6.67. The van der Waals surface area contributed by atoms with Crippen LogP contribution in [0.1, 0.15) is 0 Å². The average Bonchev–Trinajstić information content (AvgIpc) is 2.74. The number of rotatable bonds is 6. The molecular formula is C24H18IO4-. The molecule has 0 aromatic heterocycles. The molecule has 0 spiro atoms. The van der Waals surface area contributed by atoms with Gasteiger partial charge in [0.05, 0.1) is 0 Å². The molecule has 5 heteroatoms. The molecule has 0 radical (unpaired) electrons. The van der Waals surface area contributed by atoms with Gasteiger partial charge in [0.25, 0.3) is 0 Å². The van der Waals surface area contributed by atoms with Crippen molar-refractivity contribution in [3.05, 3.63) is 104 Å². The van der Waals surface area contributed by atoms with Crippen molar-refractivity contribution in [1.82, 2.24) is 0 Å². The van der Waals surface area contributed by atoms with E-state index in [4.69, 9.17) is 9.47 Å². The van der Waals surface area contributed by atoms with Crippen LogP contribution in [0.15, 0.2) is 97.1 Å². The van der Waals surface area contributed by atoms with Gasteiger partial charge in [-0.15, -0.1) is 0 Å². The van der Waals surface area contributed by atoms with E-state index in [1.54, 1.807) is 48.5 Å². The monoisotopic (exact) mass is 497 g/mol. The van der Waals surface area contributed by atoms with Crippen LogP contribution in [0.3, 0.4) is 0 Å². The second-order valence-electron chi connectivity index (χ2n) is 6.19. The summed E-state index contributed by atoms with van der Waals surface area (Å²) in [7, 11) is 0. The number of phenols is 2. The van der Waals surface area contributed by atoms with E-state index in [1.807, 2.05) is 24.3 Å². The molecule has 4 aromatic rings. The molecular weight excluding hydrogens is 479 g/mol. The summed E-state index contributed by atoms with van der Waals surface area (Å²) in [6, 6.07) is 29.5. The van der Waals surface area contributed by atoms with Gasteiger partial charge in [-0.1, -0.05) is 0 Å². The number of halogens is 1. The standard InChI is InChI=1S/C24H18IO4/c26-19-5-13-23(14-6-19)28-21-9-1-17(2-10-21)25-18-3-11-22(12-4-18)29-24-15-7-20(27)8-16-24/h1-16,26-27H/q-1. The van der Waals surface area contributed by atoms with Crippen molar-refractivity contribution in [3.63, 3.8) is 0 Å². The number of hydrogen-bond donors (Lipinski definition) is 2. The molecule has 0 aliphatic carbocycles. The van der Waals surface area contributed by atoms with Gasteiger partial charge in [0.1, 0.15) is 0 Å². The molecule has 146 valence electrons. The van der Waals surface area contributed by atoms with E-state index in [0.29, 0.717) is 11.5 Å². The SMILES string of the molecule is Oc1ccc(Oc2ccc([I-]c3ccc(Oc4ccc(O)cc4)cc3)cc2)cc1. The van der Waals surface area contributed by atoms with Gasteiger partial charge in [0.15, 0.2) is 0 Å². The van der Waals surface area contributed by atoms with Gasteiger partial charge in [-0.3, -0.25) is 0 Å². The quantitative estimate of drug-likeness (QED) is 0.403. The molecule has 0 saturated heterocycles. The van der Waals surface area contributed by atoms with E-state index >= 15 is 0 Å². The Balaban J connectivity index is 1.36. The van der Waals surface area contributed by atoms with Crippen molar-refractivity contribution in [1.29, 1.82) is 0 Å². The molecule has 2 N–H and O–H groups in total. The van der Waals surface area contributed by atoms with Gasteiger partial charge in [-0.2, -0.15) is 0 Å². The van der Waals surface area contributed by atoms with Gasteiger partial charge in [0.2, 0.25) is 0 Å². The fourth-order valence-corrected chi connectivity index (χ4v) is 4.72. The Morgan fingerprint density at radius 3 is 1.00 bits per heavy atom. The van der Waals surface area contributed by atoms with Gasteiger partial charge < -0.3 is 0 Å². The summed E-state index contributed by atoms with van der Waals surface area (Å²) in [6.07, 6.45) is 0. The topological polar surface area (TPSA) is 58.9 Å². The van der Waals surface area contributed by atoms with Crippen LogP contribution in [0.4, 0.5) is 0 Å². The van der Waals surface area contributed by atoms with E-state index in [9.17, 15) is 10.2 Å². The molecule has 29 heavy (non-hydrogen) atoms. The van der Waals surface area contributed by atoms with Crippen molar-refractivity contribution in [2.24, 2.45) is 0 Å². The number of benzene rings is 4. The average molecular weight is 497 g/mol. The molecule has 0 bridgehead atoms. The maximum atomic E-state index is 9.33. The third-order valence-electron chi connectivity index (χ3n) is 3.99. The molecule has 4 aromatic carbocycles.